The molecule has 0 aliphatic carbocycles. The summed E-state index contributed by atoms with van der Waals surface area (Å²) in [6, 6.07) is 11.8. The van der Waals surface area contributed by atoms with Crippen LogP contribution in [0.5, 0.6) is 0 Å². The van der Waals surface area contributed by atoms with Gasteiger partial charge in [0, 0.05) is 13.2 Å². The van der Waals surface area contributed by atoms with Gasteiger partial charge in [-0.05, 0) is 36.8 Å². The van der Waals surface area contributed by atoms with E-state index in [-0.39, 0.29) is 37.2 Å². The Morgan fingerprint density at radius 1 is 1.17 bits per heavy atom. The minimum atomic E-state index is -0.495. The summed E-state index contributed by atoms with van der Waals surface area (Å²) < 4.78 is 7.96. The van der Waals surface area contributed by atoms with Crippen molar-refractivity contribution >= 4 is 27.5 Å². The molecule has 0 fully saturated rings. The summed E-state index contributed by atoms with van der Waals surface area (Å²) in [5.74, 6) is -0.253. The summed E-state index contributed by atoms with van der Waals surface area (Å²) in [6.45, 7) is 2.21. The van der Waals surface area contributed by atoms with Gasteiger partial charge in [0.2, 0.25) is 5.91 Å². The highest BCUT2D eigenvalue weighted by Gasteiger charge is 2.17. The number of thiophene rings is 1. The monoisotopic (exact) mass is 415 g/mol. The van der Waals surface area contributed by atoms with E-state index in [0.717, 1.165) is 17.4 Å². The van der Waals surface area contributed by atoms with Crippen molar-refractivity contribution in [2.24, 2.45) is 0 Å². The zero-order chi connectivity index (χ0) is 20.8. The largest absolute Gasteiger partial charge is 0.383 e. The topological polar surface area (TPSA) is 82.3 Å². The number of nitrogens with zero attached hydrogens (tertiary/aromatic N) is 2. The van der Waals surface area contributed by atoms with Gasteiger partial charge >= 0.3 is 5.69 Å². The Labute approximate surface area is 172 Å². The van der Waals surface area contributed by atoms with E-state index in [1.54, 1.807) is 11.4 Å². The van der Waals surface area contributed by atoms with E-state index < -0.39 is 5.69 Å². The van der Waals surface area contributed by atoms with Crippen LogP contribution in [0.1, 0.15) is 18.9 Å². The zero-order valence-corrected chi connectivity index (χ0v) is 17.4. The van der Waals surface area contributed by atoms with Crippen LogP contribution in [0.25, 0.3) is 10.2 Å². The number of hydrogen-bond donors (Lipinski definition) is 1. The number of ether oxygens (including phenoxy) is 1. The Balaban J connectivity index is 1.73. The second kappa shape index (κ2) is 9.67. The summed E-state index contributed by atoms with van der Waals surface area (Å²) >= 11 is 1.27. The second-order valence-electron chi connectivity index (χ2n) is 6.95. The molecule has 1 aromatic carbocycles. The van der Waals surface area contributed by atoms with Crippen molar-refractivity contribution in [2.45, 2.75) is 38.9 Å². The summed E-state index contributed by atoms with van der Waals surface area (Å²) in [7, 11) is 1.51. The first-order chi connectivity index (χ1) is 14.0. The molecule has 2 heterocycles. The molecule has 0 saturated heterocycles. The van der Waals surface area contributed by atoms with Crippen LogP contribution in [-0.4, -0.2) is 34.8 Å². The number of rotatable bonds is 9. The lowest BCUT2D eigenvalue weighted by atomic mass is 10.1. The molecule has 3 aromatic rings. The van der Waals surface area contributed by atoms with Crippen molar-refractivity contribution in [1.82, 2.24) is 14.5 Å². The number of carbonyl (C=O) groups excluding carboxylic acids is 1. The summed E-state index contributed by atoms with van der Waals surface area (Å²) in [5, 5.41) is 4.71. The third-order valence-electron chi connectivity index (χ3n) is 4.77. The van der Waals surface area contributed by atoms with Gasteiger partial charge in [-0.15, -0.1) is 11.3 Å². The smallest absolute Gasteiger partial charge is 0.332 e. The number of methoxy groups -OCH3 is 1. The van der Waals surface area contributed by atoms with Gasteiger partial charge in [-0.1, -0.05) is 30.3 Å². The normalized spacial score (nSPS) is 12.2. The SMILES string of the molecule is COCCn1c(=O)c2sccc2n(CC(=O)N[C@@H](C)CCc2ccccc2)c1=O. The number of amides is 1. The third kappa shape index (κ3) is 5.02. The average Bonchev–Trinajstić information content (AvgIpc) is 3.20. The van der Waals surface area contributed by atoms with E-state index in [9.17, 15) is 14.4 Å². The van der Waals surface area contributed by atoms with E-state index in [1.165, 1.54) is 28.6 Å². The third-order valence-corrected chi connectivity index (χ3v) is 5.67. The minimum Gasteiger partial charge on any atom is -0.383 e. The first-order valence-corrected chi connectivity index (χ1v) is 10.4. The fourth-order valence-corrected chi connectivity index (χ4v) is 4.07. The maximum atomic E-state index is 12.8. The van der Waals surface area contributed by atoms with Crippen LogP contribution in [0.2, 0.25) is 0 Å². The van der Waals surface area contributed by atoms with Gasteiger partial charge in [-0.25, -0.2) is 4.79 Å². The van der Waals surface area contributed by atoms with Crippen LogP contribution < -0.4 is 16.6 Å². The molecule has 1 amide bonds. The Morgan fingerprint density at radius 3 is 2.66 bits per heavy atom. The number of fused-ring (bicyclic) bond motifs is 1. The van der Waals surface area contributed by atoms with Gasteiger partial charge in [0.25, 0.3) is 5.56 Å². The van der Waals surface area contributed by atoms with Gasteiger partial charge in [-0.3, -0.25) is 18.7 Å². The molecule has 8 heteroatoms. The first kappa shape index (κ1) is 21.0. The van der Waals surface area contributed by atoms with Gasteiger partial charge in [0.05, 0.1) is 18.7 Å². The van der Waals surface area contributed by atoms with Gasteiger partial charge in [-0.2, -0.15) is 0 Å². The highest BCUT2D eigenvalue weighted by atomic mass is 32.1. The lowest BCUT2D eigenvalue weighted by Gasteiger charge is -2.16. The molecule has 2 aromatic heterocycles. The molecule has 1 atom stereocenters. The van der Waals surface area contributed by atoms with E-state index >= 15 is 0 Å². The Kier molecular flexibility index (Phi) is 7.00. The zero-order valence-electron chi connectivity index (χ0n) is 16.6. The molecule has 0 aliphatic heterocycles. The molecule has 0 spiro atoms. The van der Waals surface area contributed by atoms with Crippen molar-refractivity contribution in [3.63, 3.8) is 0 Å². The maximum absolute atomic E-state index is 12.8. The molecule has 3 rings (SSSR count). The highest BCUT2D eigenvalue weighted by Crippen LogP contribution is 2.15. The average molecular weight is 416 g/mol. The number of aryl methyl sites for hydroxylation is 1. The van der Waals surface area contributed by atoms with Crippen molar-refractivity contribution < 1.29 is 9.53 Å². The lowest BCUT2D eigenvalue weighted by molar-refractivity contribution is -0.122. The van der Waals surface area contributed by atoms with Crippen molar-refractivity contribution in [1.29, 1.82) is 0 Å². The predicted octanol–water partition coefficient (Wildman–Crippen LogP) is 2.01. The molecule has 7 nitrogen and oxygen atoms in total. The standard InChI is InChI=1S/C21H25N3O4S/c1-15(8-9-16-6-4-3-5-7-16)22-18(25)14-24-17-10-13-29-19(17)20(26)23(21(24)27)11-12-28-2/h3-7,10,13,15H,8-9,11-12,14H2,1-2H3,(H,22,25)/t15-/m0/s1. The van der Waals surface area contributed by atoms with Crippen LogP contribution >= 0.6 is 11.3 Å². The number of carbonyl (C=O) groups is 1. The van der Waals surface area contributed by atoms with E-state index in [0.29, 0.717) is 10.2 Å². The fourth-order valence-electron chi connectivity index (χ4n) is 3.23. The van der Waals surface area contributed by atoms with Crippen LogP contribution in [0.15, 0.2) is 51.4 Å². The molecule has 0 bridgehead atoms. The summed E-state index contributed by atoms with van der Waals surface area (Å²) in [5.41, 5.74) is 0.871. The molecule has 0 unspecified atom stereocenters. The second-order valence-corrected chi connectivity index (χ2v) is 7.86. The van der Waals surface area contributed by atoms with Gasteiger partial charge < -0.3 is 10.1 Å². The van der Waals surface area contributed by atoms with E-state index in [1.807, 2.05) is 25.1 Å². The lowest BCUT2D eigenvalue weighted by Crippen LogP contribution is -2.44. The van der Waals surface area contributed by atoms with Gasteiger partial charge in [0.1, 0.15) is 11.2 Å². The van der Waals surface area contributed by atoms with Crippen molar-refractivity contribution in [3.8, 4) is 0 Å². The van der Waals surface area contributed by atoms with Crippen LogP contribution in [-0.2, 0) is 29.0 Å². The van der Waals surface area contributed by atoms with Crippen molar-refractivity contribution in [3.05, 3.63) is 68.2 Å². The first-order valence-electron chi connectivity index (χ1n) is 9.54. The number of hydrogen-bond acceptors (Lipinski definition) is 5. The summed E-state index contributed by atoms with van der Waals surface area (Å²) in [6.07, 6.45) is 1.66. The Morgan fingerprint density at radius 2 is 1.93 bits per heavy atom. The molecule has 0 radical (unpaired) electrons. The molecule has 154 valence electrons. The highest BCUT2D eigenvalue weighted by molar-refractivity contribution is 7.17. The van der Waals surface area contributed by atoms with Crippen LogP contribution in [0, 0.1) is 0 Å². The maximum Gasteiger partial charge on any atom is 0.332 e. The van der Waals surface area contributed by atoms with Gasteiger partial charge in [0.15, 0.2) is 0 Å². The van der Waals surface area contributed by atoms with E-state index in [4.69, 9.17) is 4.74 Å². The number of nitrogens with one attached hydrogen (secondary N) is 1. The molecule has 1 N–H and O–H groups in total. The Bertz CT molecular complexity index is 1080. The number of aromatic nitrogens is 2. The summed E-state index contributed by atoms with van der Waals surface area (Å²) in [4.78, 5) is 38.0. The molecular formula is C21H25N3O4S. The minimum absolute atomic E-state index is 0.0317. The molecule has 29 heavy (non-hydrogen) atoms. The van der Waals surface area contributed by atoms with Crippen molar-refractivity contribution in [2.75, 3.05) is 13.7 Å². The van der Waals surface area contributed by atoms with Crippen LogP contribution in [0.4, 0.5) is 0 Å². The molecule has 0 saturated carbocycles. The molecule has 0 aliphatic rings. The predicted molar refractivity (Wildman–Crippen MR) is 115 cm³/mol. The number of benzene rings is 1. The van der Waals surface area contributed by atoms with E-state index in [2.05, 4.69) is 17.4 Å². The Hall–Kier alpha value is -2.71. The van der Waals surface area contributed by atoms with Crippen LogP contribution in [0.3, 0.4) is 0 Å². The molecular weight excluding hydrogens is 390 g/mol. The fraction of sp³-hybridized carbons (Fsp3) is 0.381. The quantitative estimate of drug-likeness (QED) is 0.580.